The van der Waals surface area contributed by atoms with Crippen LogP contribution in [0, 0.1) is 18.8 Å². The SMILES string of the molecule is C=CC(=O)Sc1ccc(C#Cc2ccc(SC(=O)C=C)c(C)c2)cc1. The van der Waals surface area contributed by atoms with Gasteiger partial charge in [-0.3, -0.25) is 9.59 Å². The fourth-order valence-corrected chi connectivity index (χ4v) is 3.14. The fourth-order valence-electron chi connectivity index (χ4n) is 1.90. The van der Waals surface area contributed by atoms with E-state index in [0.29, 0.717) is 0 Å². The summed E-state index contributed by atoms with van der Waals surface area (Å²) >= 11 is 2.29. The molecule has 0 aliphatic heterocycles. The molecule has 0 amide bonds. The van der Waals surface area contributed by atoms with E-state index in [1.807, 2.05) is 49.4 Å². The quantitative estimate of drug-likeness (QED) is 0.434. The standard InChI is InChI=1S/C21H16O2S2/c1-4-20(22)24-18-11-8-16(9-12-18)6-7-17-10-13-19(15(3)14-17)25-21(23)5-2/h4-5,8-14H,1-2H2,3H3. The first-order chi connectivity index (χ1) is 12.0. The highest BCUT2D eigenvalue weighted by Crippen LogP contribution is 2.24. The second-order valence-electron chi connectivity index (χ2n) is 5.01. The molecule has 0 aliphatic rings. The first kappa shape index (κ1) is 18.9. The van der Waals surface area contributed by atoms with Gasteiger partial charge in [0, 0.05) is 20.9 Å². The van der Waals surface area contributed by atoms with Gasteiger partial charge in [0.15, 0.2) is 0 Å². The summed E-state index contributed by atoms with van der Waals surface area (Å²) in [7, 11) is 0. The highest BCUT2D eigenvalue weighted by Gasteiger charge is 2.04. The molecule has 0 unspecified atom stereocenters. The molecule has 2 rings (SSSR count). The summed E-state index contributed by atoms with van der Waals surface area (Å²) < 4.78 is 0. The van der Waals surface area contributed by atoms with Crippen LogP contribution in [0.15, 0.2) is 77.6 Å². The van der Waals surface area contributed by atoms with Crippen LogP contribution in [0.5, 0.6) is 0 Å². The highest BCUT2D eigenvalue weighted by atomic mass is 32.2. The third-order valence-corrected chi connectivity index (χ3v) is 5.06. The lowest BCUT2D eigenvalue weighted by atomic mass is 10.1. The molecule has 0 saturated carbocycles. The van der Waals surface area contributed by atoms with Gasteiger partial charge in [-0.05, 0) is 90.6 Å². The van der Waals surface area contributed by atoms with E-state index in [-0.39, 0.29) is 10.2 Å². The maximum absolute atomic E-state index is 11.4. The predicted octanol–water partition coefficient (Wildman–Crippen LogP) is 5.00. The van der Waals surface area contributed by atoms with Gasteiger partial charge in [-0.2, -0.15) is 0 Å². The Balaban J connectivity index is 2.11. The zero-order chi connectivity index (χ0) is 18.2. The number of hydrogen-bond donors (Lipinski definition) is 0. The van der Waals surface area contributed by atoms with Gasteiger partial charge >= 0.3 is 0 Å². The number of carbonyl (C=O) groups is 2. The Kier molecular flexibility index (Phi) is 6.88. The van der Waals surface area contributed by atoms with Crippen LogP contribution < -0.4 is 0 Å². The largest absolute Gasteiger partial charge is 0.282 e. The molecule has 0 spiro atoms. The van der Waals surface area contributed by atoms with Gasteiger partial charge in [-0.25, -0.2) is 0 Å². The molecule has 0 fully saturated rings. The van der Waals surface area contributed by atoms with Crippen molar-refractivity contribution in [1.82, 2.24) is 0 Å². The van der Waals surface area contributed by atoms with E-state index in [2.05, 4.69) is 25.0 Å². The van der Waals surface area contributed by atoms with Crippen molar-refractivity contribution in [2.24, 2.45) is 0 Å². The second-order valence-corrected chi connectivity index (χ2v) is 7.13. The molecular formula is C21H16O2S2. The van der Waals surface area contributed by atoms with E-state index in [9.17, 15) is 9.59 Å². The van der Waals surface area contributed by atoms with E-state index in [4.69, 9.17) is 0 Å². The Labute approximate surface area is 156 Å². The van der Waals surface area contributed by atoms with Crippen LogP contribution in [0.1, 0.15) is 16.7 Å². The van der Waals surface area contributed by atoms with Gasteiger partial charge in [0.25, 0.3) is 0 Å². The van der Waals surface area contributed by atoms with Gasteiger partial charge < -0.3 is 0 Å². The average Bonchev–Trinajstić information content (AvgIpc) is 2.62. The van der Waals surface area contributed by atoms with E-state index in [1.165, 1.54) is 12.2 Å². The summed E-state index contributed by atoms with van der Waals surface area (Å²) in [4.78, 5) is 24.5. The van der Waals surface area contributed by atoms with Crippen molar-refractivity contribution >= 4 is 33.8 Å². The van der Waals surface area contributed by atoms with Crippen LogP contribution in [0.3, 0.4) is 0 Å². The van der Waals surface area contributed by atoms with Crippen molar-refractivity contribution in [3.05, 3.63) is 84.5 Å². The molecule has 2 nitrogen and oxygen atoms in total. The van der Waals surface area contributed by atoms with Crippen molar-refractivity contribution in [3.8, 4) is 11.8 Å². The molecule has 2 aromatic carbocycles. The summed E-state index contributed by atoms with van der Waals surface area (Å²) in [6.45, 7) is 8.88. The van der Waals surface area contributed by atoms with Crippen LogP contribution >= 0.6 is 23.5 Å². The normalized spacial score (nSPS) is 9.64. The Bertz CT molecular complexity index is 884. The lowest BCUT2D eigenvalue weighted by molar-refractivity contribution is -0.107. The Morgan fingerprint density at radius 3 is 2.04 bits per heavy atom. The Morgan fingerprint density at radius 1 is 0.880 bits per heavy atom. The van der Waals surface area contributed by atoms with Gasteiger partial charge in [0.2, 0.25) is 10.2 Å². The summed E-state index contributed by atoms with van der Waals surface area (Å²) in [6.07, 6.45) is 2.60. The third kappa shape index (κ3) is 5.82. The molecule has 124 valence electrons. The van der Waals surface area contributed by atoms with Crippen LogP contribution in [0.4, 0.5) is 0 Å². The summed E-state index contributed by atoms with van der Waals surface area (Å²) in [5.74, 6) is 6.21. The predicted molar refractivity (Wildman–Crippen MR) is 106 cm³/mol. The molecule has 0 heterocycles. The maximum atomic E-state index is 11.4. The molecule has 0 aromatic heterocycles. The molecule has 0 aliphatic carbocycles. The zero-order valence-electron chi connectivity index (χ0n) is 13.7. The van der Waals surface area contributed by atoms with Crippen molar-refractivity contribution in [3.63, 3.8) is 0 Å². The smallest absolute Gasteiger partial charge is 0.216 e. The molecule has 0 bridgehead atoms. The van der Waals surface area contributed by atoms with Crippen LogP contribution in [-0.4, -0.2) is 10.2 Å². The molecular weight excluding hydrogens is 348 g/mol. The average molecular weight is 364 g/mol. The van der Waals surface area contributed by atoms with Gasteiger partial charge in [-0.15, -0.1) is 0 Å². The topological polar surface area (TPSA) is 34.1 Å². The summed E-state index contributed by atoms with van der Waals surface area (Å²) in [5, 5.41) is -0.156. The van der Waals surface area contributed by atoms with Crippen molar-refractivity contribution in [1.29, 1.82) is 0 Å². The number of rotatable bonds is 4. The minimum Gasteiger partial charge on any atom is -0.282 e. The number of carbonyl (C=O) groups excluding carboxylic acids is 2. The van der Waals surface area contributed by atoms with Crippen LogP contribution in [0.25, 0.3) is 0 Å². The lowest BCUT2D eigenvalue weighted by Crippen LogP contribution is -1.88. The molecule has 2 aromatic rings. The summed E-state index contributed by atoms with van der Waals surface area (Å²) in [5.41, 5.74) is 2.75. The van der Waals surface area contributed by atoms with Crippen molar-refractivity contribution < 1.29 is 9.59 Å². The lowest BCUT2D eigenvalue weighted by Gasteiger charge is -2.03. The molecule has 25 heavy (non-hydrogen) atoms. The van der Waals surface area contributed by atoms with E-state index >= 15 is 0 Å². The minimum atomic E-state index is -0.0813. The van der Waals surface area contributed by atoms with Gasteiger partial charge in [0.1, 0.15) is 0 Å². The third-order valence-electron chi connectivity index (χ3n) is 3.14. The van der Waals surface area contributed by atoms with Crippen LogP contribution in [0.2, 0.25) is 0 Å². The Morgan fingerprint density at radius 2 is 1.44 bits per heavy atom. The number of hydrogen-bond acceptors (Lipinski definition) is 4. The first-order valence-electron chi connectivity index (χ1n) is 7.43. The van der Waals surface area contributed by atoms with E-state index in [1.54, 1.807) is 0 Å². The molecule has 0 atom stereocenters. The second kappa shape index (κ2) is 9.12. The minimum absolute atomic E-state index is 0.0742. The number of aryl methyl sites for hydroxylation is 1. The molecule has 4 heteroatoms. The fraction of sp³-hybridized carbons (Fsp3) is 0.0476. The van der Waals surface area contributed by atoms with E-state index < -0.39 is 0 Å². The molecule has 0 N–H and O–H groups in total. The Hall–Kier alpha value is -2.48. The molecule has 0 saturated heterocycles. The zero-order valence-corrected chi connectivity index (χ0v) is 15.4. The van der Waals surface area contributed by atoms with E-state index in [0.717, 1.165) is 50.0 Å². The monoisotopic (exact) mass is 364 g/mol. The number of thioether (sulfide) groups is 2. The van der Waals surface area contributed by atoms with Crippen LogP contribution in [-0.2, 0) is 9.59 Å². The molecule has 0 radical (unpaired) electrons. The van der Waals surface area contributed by atoms with Crippen molar-refractivity contribution in [2.75, 3.05) is 0 Å². The summed E-state index contributed by atoms with van der Waals surface area (Å²) in [6, 6.07) is 13.2. The maximum Gasteiger partial charge on any atom is 0.216 e. The highest BCUT2D eigenvalue weighted by molar-refractivity contribution is 8.14. The van der Waals surface area contributed by atoms with Crippen molar-refractivity contribution in [2.45, 2.75) is 16.7 Å². The first-order valence-corrected chi connectivity index (χ1v) is 9.06. The van der Waals surface area contributed by atoms with Gasteiger partial charge in [0.05, 0.1) is 0 Å². The number of benzene rings is 2. The van der Waals surface area contributed by atoms with Gasteiger partial charge in [-0.1, -0.05) is 25.0 Å².